The molecular weight excluding hydrogens is 250 g/mol. The number of rotatable bonds is 2. The normalized spacial score (nSPS) is 15.5. The van der Waals surface area contributed by atoms with Crippen LogP contribution in [0.1, 0.15) is 19.4 Å². The molecule has 0 bridgehead atoms. The van der Waals surface area contributed by atoms with E-state index in [1.54, 1.807) is 0 Å². The molecule has 0 unspecified atom stereocenters. The summed E-state index contributed by atoms with van der Waals surface area (Å²) in [5.41, 5.74) is 3.74. The third-order valence-corrected chi connectivity index (χ3v) is 3.16. The van der Waals surface area contributed by atoms with Gasteiger partial charge in [0, 0.05) is 4.47 Å². The summed E-state index contributed by atoms with van der Waals surface area (Å²) in [6.45, 7) is 5.29. The maximum absolute atomic E-state index is 4.55. The Labute approximate surface area is 99.1 Å². The maximum Gasteiger partial charge on any atom is 0.0650 e. The predicted molar refractivity (Wildman–Crippen MR) is 68.5 cm³/mol. The second-order valence-electron chi connectivity index (χ2n) is 4.08. The molecule has 0 spiro atoms. The van der Waals surface area contributed by atoms with Gasteiger partial charge < -0.3 is 0 Å². The van der Waals surface area contributed by atoms with Crippen molar-refractivity contribution < 1.29 is 0 Å². The molecule has 2 rings (SSSR count). The largest absolute Gasteiger partial charge is 0.280 e. The number of aliphatic imine (C=N–C) groups is 1. The number of hydrogen-bond donors (Lipinski definition) is 0. The zero-order valence-electron chi connectivity index (χ0n) is 9.00. The van der Waals surface area contributed by atoms with E-state index in [9.17, 15) is 0 Å². The molecule has 0 N–H and O–H groups in total. The van der Waals surface area contributed by atoms with Crippen molar-refractivity contribution in [1.82, 2.24) is 0 Å². The third kappa shape index (κ3) is 2.37. The fourth-order valence-corrected chi connectivity index (χ4v) is 1.85. The van der Waals surface area contributed by atoms with Crippen molar-refractivity contribution in [2.24, 2.45) is 10.9 Å². The Balaban J connectivity index is 2.23. The minimum absolute atomic E-state index is 0.599. The van der Waals surface area contributed by atoms with Gasteiger partial charge in [-0.25, -0.2) is 0 Å². The Bertz CT molecular complexity index is 413. The Morgan fingerprint density at radius 2 is 1.87 bits per heavy atom. The number of halogens is 1. The minimum atomic E-state index is 0.599. The van der Waals surface area contributed by atoms with Gasteiger partial charge in [-0.05, 0) is 35.3 Å². The van der Waals surface area contributed by atoms with Gasteiger partial charge >= 0.3 is 0 Å². The summed E-state index contributed by atoms with van der Waals surface area (Å²) in [6.07, 6.45) is 2.22. The summed E-state index contributed by atoms with van der Waals surface area (Å²) < 4.78 is 1.11. The lowest BCUT2D eigenvalue weighted by Gasteiger charge is -2.02. The number of benzene rings is 1. The van der Waals surface area contributed by atoms with Crippen molar-refractivity contribution in [2.45, 2.75) is 13.8 Å². The second kappa shape index (κ2) is 4.31. The van der Waals surface area contributed by atoms with E-state index in [0.717, 1.165) is 16.7 Å². The second-order valence-corrected chi connectivity index (χ2v) is 5.00. The van der Waals surface area contributed by atoms with E-state index in [2.05, 4.69) is 65.1 Å². The van der Waals surface area contributed by atoms with E-state index < -0.39 is 0 Å². The quantitative estimate of drug-likeness (QED) is 0.769. The van der Waals surface area contributed by atoms with Crippen molar-refractivity contribution >= 4 is 21.6 Å². The van der Waals surface area contributed by atoms with Gasteiger partial charge in [-0.3, -0.25) is 4.99 Å². The molecule has 0 fully saturated rings. The zero-order chi connectivity index (χ0) is 10.8. The van der Waals surface area contributed by atoms with Crippen LogP contribution in [0.2, 0.25) is 0 Å². The maximum atomic E-state index is 4.55. The van der Waals surface area contributed by atoms with Gasteiger partial charge in [0.1, 0.15) is 0 Å². The van der Waals surface area contributed by atoms with Gasteiger partial charge in [0.25, 0.3) is 0 Å². The highest BCUT2D eigenvalue weighted by molar-refractivity contribution is 9.10. The summed E-state index contributed by atoms with van der Waals surface area (Å²) in [6, 6.07) is 8.31. The van der Waals surface area contributed by atoms with E-state index in [4.69, 9.17) is 0 Å². The van der Waals surface area contributed by atoms with Crippen molar-refractivity contribution in [2.75, 3.05) is 6.54 Å². The number of nitrogens with zero attached hydrogens (tertiary/aromatic N) is 1. The zero-order valence-corrected chi connectivity index (χ0v) is 10.6. The summed E-state index contributed by atoms with van der Waals surface area (Å²) in [4.78, 5) is 4.55. The standard InChI is InChI=1S/C13H14BrN/c1-9(2)11-7-13(15-8-11)10-3-5-12(14)6-4-10/h3-7,9H,8H2,1-2H3. The Morgan fingerprint density at radius 3 is 2.40 bits per heavy atom. The average Bonchev–Trinajstić information content (AvgIpc) is 2.68. The van der Waals surface area contributed by atoms with Gasteiger partial charge in [0.15, 0.2) is 0 Å². The molecule has 78 valence electrons. The first-order chi connectivity index (χ1) is 7.16. The van der Waals surface area contributed by atoms with Crippen molar-refractivity contribution in [3.8, 4) is 0 Å². The molecule has 0 aromatic heterocycles. The highest BCUT2D eigenvalue weighted by atomic mass is 79.9. The van der Waals surface area contributed by atoms with Crippen LogP contribution < -0.4 is 0 Å². The summed E-state index contributed by atoms with van der Waals surface area (Å²) in [5.74, 6) is 0.599. The molecule has 1 aromatic rings. The molecule has 0 amide bonds. The van der Waals surface area contributed by atoms with E-state index in [-0.39, 0.29) is 0 Å². The Kier molecular flexibility index (Phi) is 3.06. The van der Waals surface area contributed by atoms with E-state index >= 15 is 0 Å². The molecule has 1 aromatic carbocycles. The first-order valence-electron chi connectivity index (χ1n) is 5.17. The van der Waals surface area contributed by atoms with E-state index in [1.807, 2.05) is 0 Å². The molecule has 0 saturated carbocycles. The predicted octanol–water partition coefficient (Wildman–Crippen LogP) is 3.83. The smallest absolute Gasteiger partial charge is 0.0650 e. The Hall–Kier alpha value is -0.890. The monoisotopic (exact) mass is 263 g/mol. The van der Waals surface area contributed by atoms with E-state index in [0.29, 0.717) is 5.92 Å². The van der Waals surface area contributed by atoms with Crippen molar-refractivity contribution in [3.63, 3.8) is 0 Å². The summed E-state index contributed by atoms with van der Waals surface area (Å²) >= 11 is 3.43. The van der Waals surface area contributed by atoms with Crippen LogP contribution in [0.4, 0.5) is 0 Å². The van der Waals surface area contributed by atoms with Crippen LogP contribution in [0, 0.1) is 5.92 Å². The molecule has 1 nitrogen and oxygen atoms in total. The minimum Gasteiger partial charge on any atom is -0.280 e. The molecule has 1 aliphatic heterocycles. The van der Waals surface area contributed by atoms with Gasteiger partial charge in [-0.1, -0.05) is 41.9 Å². The highest BCUT2D eigenvalue weighted by Crippen LogP contribution is 2.19. The number of hydrogen-bond acceptors (Lipinski definition) is 1. The van der Waals surface area contributed by atoms with Gasteiger partial charge in [0.2, 0.25) is 0 Å². The first-order valence-corrected chi connectivity index (χ1v) is 5.97. The van der Waals surface area contributed by atoms with Crippen LogP contribution >= 0.6 is 15.9 Å². The van der Waals surface area contributed by atoms with Gasteiger partial charge in [-0.15, -0.1) is 0 Å². The lowest BCUT2D eigenvalue weighted by Crippen LogP contribution is -1.95. The van der Waals surface area contributed by atoms with Crippen LogP contribution in [-0.2, 0) is 0 Å². The summed E-state index contributed by atoms with van der Waals surface area (Å²) in [7, 11) is 0. The van der Waals surface area contributed by atoms with Crippen LogP contribution in [0.25, 0.3) is 0 Å². The van der Waals surface area contributed by atoms with Crippen molar-refractivity contribution in [3.05, 3.63) is 46.0 Å². The van der Waals surface area contributed by atoms with Crippen LogP contribution in [-0.4, -0.2) is 12.3 Å². The molecule has 2 heteroatoms. The first kappa shape index (κ1) is 10.6. The molecule has 0 aliphatic carbocycles. The van der Waals surface area contributed by atoms with Crippen LogP contribution in [0.3, 0.4) is 0 Å². The van der Waals surface area contributed by atoms with Crippen LogP contribution in [0.5, 0.6) is 0 Å². The summed E-state index contributed by atoms with van der Waals surface area (Å²) in [5, 5.41) is 0. The molecule has 1 heterocycles. The molecule has 15 heavy (non-hydrogen) atoms. The SMILES string of the molecule is CC(C)C1=CC(c2ccc(Br)cc2)=NC1. The fourth-order valence-electron chi connectivity index (χ4n) is 1.59. The Morgan fingerprint density at radius 1 is 1.20 bits per heavy atom. The van der Waals surface area contributed by atoms with Gasteiger partial charge in [-0.2, -0.15) is 0 Å². The lowest BCUT2D eigenvalue weighted by molar-refractivity contribution is 0.754. The molecule has 0 saturated heterocycles. The lowest BCUT2D eigenvalue weighted by atomic mass is 10.0. The molecular formula is C13H14BrN. The highest BCUT2D eigenvalue weighted by Gasteiger charge is 2.12. The molecule has 0 radical (unpaired) electrons. The topological polar surface area (TPSA) is 12.4 Å². The third-order valence-electron chi connectivity index (χ3n) is 2.64. The molecule has 1 aliphatic rings. The molecule has 0 atom stereocenters. The van der Waals surface area contributed by atoms with Crippen LogP contribution in [0.15, 0.2) is 45.4 Å². The van der Waals surface area contributed by atoms with Gasteiger partial charge in [0.05, 0.1) is 12.3 Å². The number of allylic oxidation sites excluding steroid dienone is 1. The van der Waals surface area contributed by atoms with Crippen molar-refractivity contribution in [1.29, 1.82) is 0 Å². The fraction of sp³-hybridized carbons (Fsp3) is 0.308. The van der Waals surface area contributed by atoms with E-state index in [1.165, 1.54) is 11.1 Å². The average molecular weight is 264 g/mol.